The molecule has 0 spiro atoms. The van der Waals surface area contributed by atoms with Crippen molar-refractivity contribution < 1.29 is 9.13 Å². The predicted molar refractivity (Wildman–Crippen MR) is 45.5 cm³/mol. The summed E-state index contributed by atoms with van der Waals surface area (Å²) in [5, 5.41) is 8.59. The molecule has 13 heavy (non-hydrogen) atoms. The van der Waals surface area contributed by atoms with Crippen LogP contribution in [0.1, 0.15) is 5.56 Å². The maximum absolute atomic E-state index is 13.0. The van der Waals surface area contributed by atoms with Gasteiger partial charge in [-0.15, -0.1) is 0 Å². The highest BCUT2D eigenvalue weighted by molar-refractivity contribution is 5.55. The molecule has 0 aliphatic heterocycles. The number of benzene rings is 1. The monoisotopic (exact) mass is 181 g/mol. The van der Waals surface area contributed by atoms with E-state index in [0.717, 1.165) is 6.07 Å². The Bertz CT molecular complexity index is 359. The molecule has 0 heterocycles. The minimum atomic E-state index is -0.583. The third-order valence-corrected chi connectivity index (χ3v) is 1.57. The minimum absolute atomic E-state index is 0.0934. The summed E-state index contributed by atoms with van der Waals surface area (Å²) < 4.78 is 17.9. The van der Waals surface area contributed by atoms with Crippen LogP contribution in [0.5, 0.6) is 5.75 Å². The molecular weight excluding hydrogens is 173 g/mol. The molecule has 1 aromatic carbocycles. The fourth-order valence-electron chi connectivity index (χ4n) is 0.920. The molecule has 0 aliphatic rings. The van der Waals surface area contributed by atoms with Gasteiger partial charge < -0.3 is 10.2 Å². The maximum atomic E-state index is 13.0. The zero-order chi connectivity index (χ0) is 9.84. The number of hydrazine groups is 1. The van der Waals surface area contributed by atoms with Gasteiger partial charge in [0.15, 0.2) is 0 Å². The van der Waals surface area contributed by atoms with Crippen molar-refractivity contribution in [2.24, 2.45) is 5.84 Å². The Morgan fingerprint density at radius 2 is 2.31 bits per heavy atom. The molecule has 0 fully saturated rings. The molecule has 1 rings (SSSR count). The normalized spacial score (nSPS) is 9.08. The molecule has 0 aliphatic carbocycles. The number of nitrogens with two attached hydrogens (primary N) is 1. The van der Waals surface area contributed by atoms with Crippen LogP contribution >= 0.6 is 0 Å². The smallest absolute Gasteiger partial charge is 0.149 e. The quantitative estimate of drug-likeness (QED) is 0.527. The Morgan fingerprint density at radius 3 is 2.77 bits per heavy atom. The molecule has 0 atom stereocenters. The SMILES string of the molecule is COc1cc(NN)c(F)cc1C#N. The van der Waals surface area contributed by atoms with Crippen LogP contribution in [-0.4, -0.2) is 7.11 Å². The van der Waals surface area contributed by atoms with Crippen LogP contribution in [0, 0.1) is 17.1 Å². The summed E-state index contributed by atoms with van der Waals surface area (Å²) in [6, 6.07) is 4.20. The number of nitrogens with one attached hydrogen (secondary N) is 1. The van der Waals surface area contributed by atoms with E-state index in [1.807, 2.05) is 0 Å². The van der Waals surface area contributed by atoms with Gasteiger partial charge in [0.25, 0.3) is 0 Å². The number of methoxy groups -OCH3 is 1. The van der Waals surface area contributed by atoms with E-state index in [1.165, 1.54) is 13.2 Å². The van der Waals surface area contributed by atoms with Crippen molar-refractivity contribution in [3.8, 4) is 11.8 Å². The van der Waals surface area contributed by atoms with Gasteiger partial charge in [-0.3, -0.25) is 5.84 Å². The number of hydrogen-bond acceptors (Lipinski definition) is 4. The number of nitrogen functional groups attached to an aromatic ring is 1. The highest BCUT2D eigenvalue weighted by atomic mass is 19.1. The first-order chi connectivity index (χ1) is 6.22. The number of nitriles is 1. The van der Waals surface area contributed by atoms with Gasteiger partial charge in [-0.1, -0.05) is 0 Å². The van der Waals surface area contributed by atoms with Gasteiger partial charge in [0.2, 0.25) is 0 Å². The van der Waals surface area contributed by atoms with E-state index in [0.29, 0.717) is 0 Å². The van der Waals surface area contributed by atoms with Crippen LogP contribution in [0.4, 0.5) is 10.1 Å². The lowest BCUT2D eigenvalue weighted by Crippen LogP contribution is -2.09. The molecule has 0 unspecified atom stereocenters. The van der Waals surface area contributed by atoms with Crippen molar-refractivity contribution in [3.63, 3.8) is 0 Å². The number of halogens is 1. The molecule has 0 saturated carbocycles. The third kappa shape index (κ3) is 1.68. The lowest BCUT2D eigenvalue weighted by atomic mass is 10.2. The summed E-state index contributed by atoms with van der Waals surface area (Å²) in [5.41, 5.74) is 2.39. The molecule has 3 N–H and O–H groups in total. The van der Waals surface area contributed by atoms with Crippen LogP contribution in [0.25, 0.3) is 0 Å². The van der Waals surface area contributed by atoms with Crippen molar-refractivity contribution >= 4 is 5.69 Å². The maximum Gasteiger partial charge on any atom is 0.149 e. The number of nitrogens with zero attached hydrogens (tertiary/aromatic N) is 1. The standard InChI is InChI=1S/C8H8FN3O/c1-13-8-3-7(12-11)6(9)2-5(8)4-10/h2-3,12H,11H2,1H3. The predicted octanol–water partition coefficient (Wildman–Crippen LogP) is 0.992. The van der Waals surface area contributed by atoms with Gasteiger partial charge >= 0.3 is 0 Å². The second-order valence-corrected chi connectivity index (χ2v) is 2.29. The molecule has 0 saturated heterocycles. The fourth-order valence-corrected chi connectivity index (χ4v) is 0.920. The second kappa shape index (κ2) is 3.74. The summed E-state index contributed by atoms with van der Waals surface area (Å²) in [4.78, 5) is 0. The summed E-state index contributed by atoms with van der Waals surface area (Å²) in [6.45, 7) is 0. The molecule has 1 aromatic rings. The Morgan fingerprint density at radius 1 is 1.62 bits per heavy atom. The fraction of sp³-hybridized carbons (Fsp3) is 0.125. The average Bonchev–Trinajstić information content (AvgIpc) is 2.17. The summed E-state index contributed by atoms with van der Waals surface area (Å²) >= 11 is 0. The third-order valence-electron chi connectivity index (χ3n) is 1.57. The van der Waals surface area contributed by atoms with E-state index in [-0.39, 0.29) is 17.0 Å². The number of rotatable bonds is 2. The first-order valence-electron chi connectivity index (χ1n) is 3.47. The lowest BCUT2D eigenvalue weighted by molar-refractivity contribution is 0.412. The molecular formula is C8H8FN3O. The van der Waals surface area contributed by atoms with Crippen LogP contribution < -0.4 is 16.0 Å². The van der Waals surface area contributed by atoms with Crippen LogP contribution in [0.2, 0.25) is 0 Å². The molecule has 68 valence electrons. The summed E-state index contributed by atoms with van der Waals surface area (Å²) in [7, 11) is 1.40. The van der Waals surface area contributed by atoms with E-state index < -0.39 is 5.82 Å². The number of anilines is 1. The van der Waals surface area contributed by atoms with Crippen molar-refractivity contribution in [1.82, 2.24) is 0 Å². The van der Waals surface area contributed by atoms with Gasteiger partial charge in [-0.25, -0.2) is 4.39 Å². The van der Waals surface area contributed by atoms with Crippen LogP contribution in [-0.2, 0) is 0 Å². The molecule has 0 radical (unpaired) electrons. The molecule has 5 heteroatoms. The van der Waals surface area contributed by atoms with Gasteiger partial charge in [0.05, 0.1) is 18.4 Å². The molecule has 4 nitrogen and oxygen atoms in total. The first kappa shape index (κ1) is 9.29. The molecule has 0 bridgehead atoms. The van der Waals surface area contributed by atoms with Crippen molar-refractivity contribution in [2.45, 2.75) is 0 Å². The average molecular weight is 181 g/mol. The van der Waals surface area contributed by atoms with Crippen LogP contribution in [0.3, 0.4) is 0 Å². The van der Waals surface area contributed by atoms with E-state index >= 15 is 0 Å². The topological polar surface area (TPSA) is 71.1 Å². The summed E-state index contributed by atoms with van der Waals surface area (Å²) in [6.07, 6.45) is 0. The largest absolute Gasteiger partial charge is 0.495 e. The van der Waals surface area contributed by atoms with Gasteiger partial charge in [-0.05, 0) is 6.07 Å². The molecule has 0 aromatic heterocycles. The van der Waals surface area contributed by atoms with E-state index in [1.54, 1.807) is 6.07 Å². The first-order valence-corrected chi connectivity index (χ1v) is 3.47. The van der Waals surface area contributed by atoms with E-state index in [4.69, 9.17) is 15.8 Å². The highest BCUT2D eigenvalue weighted by Crippen LogP contribution is 2.24. The Kier molecular flexibility index (Phi) is 2.67. The van der Waals surface area contributed by atoms with Gasteiger partial charge in [0, 0.05) is 6.07 Å². The Hall–Kier alpha value is -1.80. The Labute approximate surface area is 74.7 Å². The summed E-state index contributed by atoms with van der Waals surface area (Å²) in [5.74, 6) is 4.74. The second-order valence-electron chi connectivity index (χ2n) is 2.29. The van der Waals surface area contributed by atoms with E-state index in [9.17, 15) is 4.39 Å². The van der Waals surface area contributed by atoms with Crippen molar-refractivity contribution in [1.29, 1.82) is 5.26 Å². The van der Waals surface area contributed by atoms with Crippen molar-refractivity contribution in [2.75, 3.05) is 12.5 Å². The van der Waals surface area contributed by atoms with Gasteiger partial charge in [0.1, 0.15) is 17.6 Å². The minimum Gasteiger partial charge on any atom is -0.495 e. The van der Waals surface area contributed by atoms with E-state index in [2.05, 4.69) is 5.43 Å². The lowest BCUT2D eigenvalue weighted by Gasteiger charge is -2.06. The Balaban J connectivity index is 3.28. The van der Waals surface area contributed by atoms with Gasteiger partial charge in [-0.2, -0.15) is 5.26 Å². The zero-order valence-corrected chi connectivity index (χ0v) is 6.97. The number of ether oxygens (including phenoxy) is 1. The highest BCUT2D eigenvalue weighted by Gasteiger charge is 2.08. The number of hydrogen-bond donors (Lipinski definition) is 2. The molecule has 0 amide bonds. The zero-order valence-electron chi connectivity index (χ0n) is 6.97. The van der Waals surface area contributed by atoms with Crippen LogP contribution in [0.15, 0.2) is 12.1 Å². The van der Waals surface area contributed by atoms with Crippen molar-refractivity contribution in [3.05, 3.63) is 23.5 Å².